The number of carbonyl (C=O) groups is 1. The second-order valence-corrected chi connectivity index (χ2v) is 7.23. The third kappa shape index (κ3) is 3.79. The lowest BCUT2D eigenvalue weighted by atomic mass is 10.1. The molecule has 132 valence electrons. The molecule has 0 aliphatic carbocycles. The van der Waals surface area contributed by atoms with E-state index in [9.17, 15) is 14.9 Å². The standard InChI is InChI=1S/C17H20N4O3S/c1-12-18-13(11-25-12)10-19(2)14-5-6-16(21(23)24)15(9-14)17(22)20-7-3-4-8-20/h5-6,9,11H,3-4,7-8,10H2,1-2H3. The average molecular weight is 360 g/mol. The number of hydrogen-bond acceptors (Lipinski definition) is 6. The van der Waals surface area contributed by atoms with Gasteiger partial charge in [-0.05, 0) is 31.9 Å². The Morgan fingerprint density at radius 3 is 2.72 bits per heavy atom. The van der Waals surface area contributed by atoms with Crippen LogP contribution in [0.25, 0.3) is 0 Å². The van der Waals surface area contributed by atoms with Gasteiger partial charge in [-0.2, -0.15) is 0 Å². The Kier molecular flexibility index (Phi) is 4.98. The van der Waals surface area contributed by atoms with Crippen LogP contribution in [-0.2, 0) is 6.54 Å². The van der Waals surface area contributed by atoms with E-state index in [0.717, 1.165) is 29.2 Å². The zero-order valence-electron chi connectivity index (χ0n) is 14.3. The van der Waals surface area contributed by atoms with Gasteiger partial charge < -0.3 is 9.80 Å². The van der Waals surface area contributed by atoms with Crippen LogP contribution in [0.4, 0.5) is 11.4 Å². The summed E-state index contributed by atoms with van der Waals surface area (Å²) in [7, 11) is 1.89. The van der Waals surface area contributed by atoms with E-state index in [1.54, 1.807) is 28.4 Å². The Morgan fingerprint density at radius 2 is 2.12 bits per heavy atom. The van der Waals surface area contributed by atoms with Gasteiger partial charge in [0.25, 0.3) is 11.6 Å². The molecular weight excluding hydrogens is 340 g/mol. The van der Waals surface area contributed by atoms with Crippen molar-refractivity contribution in [3.05, 3.63) is 50.0 Å². The molecule has 25 heavy (non-hydrogen) atoms. The fourth-order valence-corrected chi connectivity index (χ4v) is 3.60. The molecule has 1 amide bonds. The number of benzene rings is 1. The van der Waals surface area contributed by atoms with Crippen LogP contribution in [-0.4, -0.2) is 40.9 Å². The van der Waals surface area contributed by atoms with Crippen LogP contribution in [0.3, 0.4) is 0 Å². The summed E-state index contributed by atoms with van der Waals surface area (Å²) in [4.78, 5) is 31.6. The van der Waals surface area contributed by atoms with Gasteiger partial charge in [-0.15, -0.1) is 11.3 Å². The minimum absolute atomic E-state index is 0.140. The van der Waals surface area contributed by atoms with Gasteiger partial charge in [-0.3, -0.25) is 14.9 Å². The lowest BCUT2D eigenvalue weighted by Crippen LogP contribution is -2.28. The quantitative estimate of drug-likeness (QED) is 0.604. The first kappa shape index (κ1) is 17.3. The second-order valence-electron chi connectivity index (χ2n) is 6.17. The summed E-state index contributed by atoms with van der Waals surface area (Å²) in [5.41, 5.74) is 1.72. The molecule has 2 aromatic rings. The highest BCUT2D eigenvalue weighted by Gasteiger charge is 2.27. The normalized spacial score (nSPS) is 13.9. The van der Waals surface area contributed by atoms with E-state index in [1.165, 1.54) is 6.07 Å². The second kappa shape index (κ2) is 7.18. The molecule has 0 spiro atoms. The number of likely N-dealkylation sites (tertiary alicyclic amines) is 1. The van der Waals surface area contributed by atoms with Crippen LogP contribution < -0.4 is 4.90 Å². The molecule has 0 N–H and O–H groups in total. The van der Waals surface area contributed by atoms with E-state index in [4.69, 9.17) is 0 Å². The highest BCUT2D eigenvalue weighted by Crippen LogP contribution is 2.28. The summed E-state index contributed by atoms with van der Waals surface area (Å²) in [6, 6.07) is 4.72. The molecule has 1 aromatic carbocycles. The number of carbonyl (C=O) groups excluding carboxylic acids is 1. The van der Waals surface area contributed by atoms with Crippen molar-refractivity contribution < 1.29 is 9.72 Å². The maximum absolute atomic E-state index is 12.7. The van der Waals surface area contributed by atoms with Crippen LogP contribution >= 0.6 is 11.3 Å². The van der Waals surface area contributed by atoms with Gasteiger partial charge >= 0.3 is 0 Å². The van der Waals surface area contributed by atoms with Crippen LogP contribution in [0.5, 0.6) is 0 Å². The summed E-state index contributed by atoms with van der Waals surface area (Å²) < 4.78 is 0. The predicted molar refractivity (Wildman–Crippen MR) is 97.2 cm³/mol. The van der Waals surface area contributed by atoms with E-state index >= 15 is 0 Å². The number of rotatable bonds is 5. The van der Waals surface area contributed by atoms with Gasteiger partial charge in [0.05, 0.1) is 22.2 Å². The fraction of sp³-hybridized carbons (Fsp3) is 0.412. The largest absolute Gasteiger partial charge is 0.369 e. The molecule has 1 aliphatic rings. The number of nitro benzene ring substituents is 1. The summed E-state index contributed by atoms with van der Waals surface area (Å²) in [6.45, 7) is 3.86. The van der Waals surface area contributed by atoms with Crippen molar-refractivity contribution in [2.24, 2.45) is 0 Å². The number of nitro groups is 1. The molecule has 0 saturated carbocycles. The number of hydrogen-bond donors (Lipinski definition) is 0. The van der Waals surface area contributed by atoms with Gasteiger partial charge in [0.1, 0.15) is 5.56 Å². The molecule has 0 bridgehead atoms. The van der Waals surface area contributed by atoms with Crippen molar-refractivity contribution in [3.8, 4) is 0 Å². The average Bonchev–Trinajstić information content (AvgIpc) is 3.25. The third-order valence-electron chi connectivity index (χ3n) is 4.31. The highest BCUT2D eigenvalue weighted by atomic mass is 32.1. The maximum atomic E-state index is 12.7. The Bertz CT molecular complexity index is 799. The minimum Gasteiger partial charge on any atom is -0.369 e. The number of thiazole rings is 1. The number of anilines is 1. The van der Waals surface area contributed by atoms with E-state index in [1.807, 2.05) is 24.3 Å². The molecule has 0 radical (unpaired) electrons. The smallest absolute Gasteiger partial charge is 0.282 e. The molecule has 7 nitrogen and oxygen atoms in total. The zero-order chi connectivity index (χ0) is 18.0. The van der Waals surface area contributed by atoms with Crippen molar-refractivity contribution in [3.63, 3.8) is 0 Å². The third-order valence-corrected chi connectivity index (χ3v) is 5.13. The van der Waals surface area contributed by atoms with Crippen LogP contribution in [0, 0.1) is 17.0 Å². The van der Waals surface area contributed by atoms with E-state index in [0.29, 0.717) is 19.6 Å². The molecule has 3 rings (SSSR count). The molecule has 0 atom stereocenters. The van der Waals surface area contributed by atoms with Gasteiger partial charge in [0.2, 0.25) is 0 Å². The van der Waals surface area contributed by atoms with Crippen molar-refractivity contribution in [1.82, 2.24) is 9.88 Å². The summed E-state index contributed by atoms with van der Waals surface area (Å²) in [5.74, 6) is -0.260. The van der Waals surface area contributed by atoms with Gasteiger partial charge in [0.15, 0.2) is 0 Å². The van der Waals surface area contributed by atoms with E-state index in [-0.39, 0.29) is 17.2 Å². The van der Waals surface area contributed by atoms with Crippen LogP contribution in [0.1, 0.15) is 33.9 Å². The Morgan fingerprint density at radius 1 is 1.40 bits per heavy atom. The molecule has 1 saturated heterocycles. The number of aromatic nitrogens is 1. The van der Waals surface area contributed by atoms with Crippen molar-refractivity contribution >= 4 is 28.6 Å². The Balaban J connectivity index is 1.88. The van der Waals surface area contributed by atoms with Crippen LogP contribution in [0.15, 0.2) is 23.6 Å². The van der Waals surface area contributed by atoms with Crippen molar-refractivity contribution in [2.75, 3.05) is 25.0 Å². The lowest BCUT2D eigenvalue weighted by molar-refractivity contribution is -0.385. The van der Waals surface area contributed by atoms with E-state index in [2.05, 4.69) is 4.98 Å². The molecule has 2 heterocycles. The number of nitrogens with zero attached hydrogens (tertiary/aromatic N) is 4. The first-order valence-corrected chi connectivity index (χ1v) is 9.03. The van der Waals surface area contributed by atoms with Gasteiger partial charge in [-0.25, -0.2) is 4.98 Å². The topological polar surface area (TPSA) is 79.6 Å². The molecule has 1 aliphatic heterocycles. The SMILES string of the molecule is Cc1nc(CN(C)c2ccc([N+](=O)[O-])c(C(=O)N3CCCC3)c2)cs1. The molecule has 1 aromatic heterocycles. The molecule has 1 fully saturated rings. The number of amides is 1. The monoisotopic (exact) mass is 360 g/mol. The van der Waals surface area contributed by atoms with Crippen molar-refractivity contribution in [2.45, 2.75) is 26.3 Å². The first-order valence-electron chi connectivity index (χ1n) is 8.15. The first-order chi connectivity index (χ1) is 12.0. The molecule has 0 unspecified atom stereocenters. The van der Waals surface area contributed by atoms with Crippen molar-refractivity contribution in [1.29, 1.82) is 0 Å². The summed E-state index contributed by atoms with van der Waals surface area (Å²) in [6.07, 6.45) is 1.89. The Hall–Kier alpha value is -2.48. The summed E-state index contributed by atoms with van der Waals surface area (Å²) >= 11 is 1.58. The minimum atomic E-state index is -0.489. The zero-order valence-corrected chi connectivity index (χ0v) is 15.1. The van der Waals surface area contributed by atoms with Crippen LogP contribution in [0.2, 0.25) is 0 Å². The lowest BCUT2D eigenvalue weighted by Gasteiger charge is -2.20. The highest BCUT2D eigenvalue weighted by molar-refractivity contribution is 7.09. The van der Waals surface area contributed by atoms with Gasteiger partial charge in [0, 0.05) is 37.3 Å². The predicted octanol–water partition coefficient (Wildman–Crippen LogP) is 3.23. The maximum Gasteiger partial charge on any atom is 0.282 e. The Labute approximate surface area is 150 Å². The fourth-order valence-electron chi connectivity index (χ4n) is 3.00. The van der Waals surface area contributed by atoms with Gasteiger partial charge in [-0.1, -0.05) is 0 Å². The molecular formula is C17H20N4O3S. The molecule has 8 heteroatoms. The summed E-state index contributed by atoms with van der Waals surface area (Å²) in [5, 5.41) is 14.3. The number of aryl methyl sites for hydroxylation is 1. The van der Waals surface area contributed by atoms with E-state index < -0.39 is 4.92 Å².